The zero-order valence-electron chi connectivity index (χ0n) is 22.9. The first-order valence-electron chi connectivity index (χ1n) is 13.2. The summed E-state index contributed by atoms with van der Waals surface area (Å²) < 4.78 is 22.6. The Labute approximate surface area is 234 Å². The van der Waals surface area contributed by atoms with E-state index < -0.39 is 23.6 Å². The van der Waals surface area contributed by atoms with Crippen molar-refractivity contribution in [3.8, 4) is 11.5 Å². The van der Waals surface area contributed by atoms with Crippen LogP contribution in [0.4, 0.5) is 4.79 Å². The molecule has 0 aromatic heterocycles. The first-order chi connectivity index (χ1) is 18.7. The smallest absolute Gasteiger partial charge is 0.329 e. The maximum atomic E-state index is 13.7. The van der Waals surface area contributed by atoms with E-state index in [-0.39, 0.29) is 32.1 Å². The maximum Gasteiger partial charge on any atom is 0.329 e. The minimum Gasteiger partial charge on any atom is -0.496 e. The summed E-state index contributed by atoms with van der Waals surface area (Å²) in [4.78, 5) is 27.4. The molecule has 212 valence electrons. The minimum absolute atomic E-state index is 0.190. The third-order valence-electron chi connectivity index (χ3n) is 7.67. The molecule has 2 fully saturated rings. The lowest BCUT2D eigenvalue weighted by Gasteiger charge is -2.45. The quantitative estimate of drug-likeness (QED) is 0.326. The van der Waals surface area contributed by atoms with E-state index in [9.17, 15) is 14.7 Å². The van der Waals surface area contributed by atoms with Crippen LogP contribution in [0.15, 0.2) is 36.4 Å². The molecule has 2 aromatic carbocycles. The molecule has 2 aliphatic carbocycles. The van der Waals surface area contributed by atoms with Gasteiger partial charge in [0.05, 0.1) is 44.6 Å². The topological polar surface area (TPSA) is 107 Å². The minimum atomic E-state index is -1.39. The number of methoxy groups -OCH3 is 3. The number of benzene rings is 2. The molecule has 0 unspecified atom stereocenters. The molecule has 9 nitrogen and oxygen atoms in total. The Morgan fingerprint density at radius 1 is 1.15 bits per heavy atom. The van der Waals surface area contributed by atoms with E-state index in [0.29, 0.717) is 34.6 Å². The van der Waals surface area contributed by atoms with Gasteiger partial charge in [0.2, 0.25) is 0 Å². The van der Waals surface area contributed by atoms with E-state index in [1.165, 1.54) is 7.11 Å². The standard InChI is InChI=1S/C29H37ClN2O7/c1-18(22-14-23(37-3)24(20-10-11-20)26(38-4)25(22)30)32(12-13-39-17-19-8-6-5-7-9-19)28(35)31-29(27(33)34)15-21(16-29)36-2/h5-9,14,18,20-21H,10-13,15-17H2,1-4H3,(H,31,35)(H,33,34)/t18-,21?,29?/m1/s1. The molecule has 2 amide bonds. The number of urea groups is 1. The largest absolute Gasteiger partial charge is 0.496 e. The highest BCUT2D eigenvalue weighted by atomic mass is 35.5. The van der Waals surface area contributed by atoms with Crippen molar-refractivity contribution in [2.75, 3.05) is 34.5 Å². The number of carboxylic acids is 1. The van der Waals surface area contributed by atoms with Crippen molar-refractivity contribution < 1.29 is 33.6 Å². The van der Waals surface area contributed by atoms with Gasteiger partial charge in [-0.3, -0.25) is 0 Å². The van der Waals surface area contributed by atoms with Gasteiger partial charge in [0.1, 0.15) is 17.0 Å². The molecular weight excluding hydrogens is 524 g/mol. The average molecular weight is 561 g/mol. The van der Waals surface area contributed by atoms with Crippen molar-refractivity contribution in [3.05, 3.63) is 58.1 Å². The van der Waals surface area contributed by atoms with Gasteiger partial charge in [-0.15, -0.1) is 0 Å². The number of hydrogen-bond donors (Lipinski definition) is 2. The monoisotopic (exact) mass is 560 g/mol. The zero-order chi connectivity index (χ0) is 28.2. The van der Waals surface area contributed by atoms with Gasteiger partial charge >= 0.3 is 12.0 Å². The van der Waals surface area contributed by atoms with E-state index in [1.54, 1.807) is 19.1 Å². The van der Waals surface area contributed by atoms with Gasteiger partial charge in [0.15, 0.2) is 0 Å². The van der Waals surface area contributed by atoms with Gasteiger partial charge in [-0.05, 0) is 37.3 Å². The number of carbonyl (C=O) groups is 2. The summed E-state index contributed by atoms with van der Waals surface area (Å²) in [6.45, 7) is 2.67. The fourth-order valence-corrected chi connectivity index (χ4v) is 5.52. The third kappa shape index (κ3) is 6.26. The first-order valence-corrected chi connectivity index (χ1v) is 13.5. The maximum absolute atomic E-state index is 13.7. The molecule has 0 saturated heterocycles. The molecule has 0 heterocycles. The highest BCUT2D eigenvalue weighted by molar-refractivity contribution is 6.33. The van der Waals surface area contributed by atoms with Crippen molar-refractivity contribution in [3.63, 3.8) is 0 Å². The van der Waals surface area contributed by atoms with Crippen molar-refractivity contribution in [2.45, 2.75) is 62.8 Å². The number of rotatable bonds is 13. The number of nitrogens with one attached hydrogen (secondary N) is 1. The molecule has 0 spiro atoms. The summed E-state index contributed by atoms with van der Waals surface area (Å²) >= 11 is 6.88. The van der Waals surface area contributed by atoms with Crippen LogP contribution in [0.25, 0.3) is 0 Å². The third-order valence-corrected chi connectivity index (χ3v) is 8.06. The summed E-state index contributed by atoms with van der Waals surface area (Å²) in [6, 6.07) is 10.5. The van der Waals surface area contributed by atoms with Gasteiger partial charge in [0, 0.05) is 37.6 Å². The zero-order valence-corrected chi connectivity index (χ0v) is 23.6. The predicted molar refractivity (Wildman–Crippen MR) is 147 cm³/mol. The van der Waals surface area contributed by atoms with E-state index in [2.05, 4.69) is 5.32 Å². The lowest BCUT2D eigenvalue weighted by molar-refractivity contribution is -0.155. The van der Waals surface area contributed by atoms with Gasteiger partial charge < -0.3 is 34.3 Å². The summed E-state index contributed by atoms with van der Waals surface area (Å²) in [5, 5.41) is 13.1. The molecule has 0 radical (unpaired) electrons. The van der Waals surface area contributed by atoms with E-state index >= 15 is 0 Å². The molecule has 2 aromatic rings. The summed E-state index contributed by atoms with van der Waals surface area (Å²) in [6.07, 6.45) is 2.22. The molecule has 2 aliphatic rings. The second kappa shape index (κ2) is 12.4. The summed E-state index contributed by atoms with van der Waals surface area (Å²) in [5.41, 5.74) is 1.20. The number of amides is 2. The number of halogens is 1. The van der Waals surface area contributed by atoms with E-state index in [1.807, 2.05) is 43.3 Å². The van der Waals surface area contributed by atoms with Crippen LogP contribution in [0.1, 0.15) is 61.3 Å². The molecule has 0 bridgehead atoms. The van der Waals surface area contributed by atoms with E-state index in [4.69, 9.17) is 30.5 Å². The Bertz CT molecular complexity index is 1170. The van der Waals surface area contributed by atoms with Crippen molar-refractivity contribution >= 4 is 23.6 Å². The van der Waals surface area contributed by atoms with Crippen LogP contribution < -0.4 is 14.8 Å². The molecule has 39 heavy (non-hydrogen) atoms. The van der Waals surface area contributed by atoms with Crippen molar-refractivity contribution in [1.29, 1.82) is 0 Å². The lowest BCUT2D eigenvalue weighted by atomic mass is 9.74. The first kappa shape index (κ1) is 29.0. The Kier molecular flexibility index (Phi) is 9.25. The second-order valence-corrected chi connectivity index (χ2v) is 10.6. The summed E-state index contributed by atoms with van der Waals surface area (Å²) in [7, 11) is 4.71. The Morgan fingerprint density at radius 2 is 1.85 bits per heavy atom. The van der Waals surface area contributed by atoms with Gasteiger partial charge in [-0.1, -0.05) is 41.9 Å². The number of hydrogen-bond acceptors (Lipinski definition) is 6. The fraction of sp³-hybridized carbons (Fsp3) is 0.517. The van der Waals surface area contributed by atoms with E-state index in [0.717, 1.165) is 24.0 Å². The van der Waals surface area contributed by atoms with Gasteiger partial charge in [-0.25, -0.2) is 9.59 Å². The van der Waals surface area contributed by atoms with Gasteiger partial charge in [0.25, 0.3) is 0 Å². The molecule has 0 aliphatic heterocycles. The number of nitrogens with zero attached hydrogens (tertiary/aromatic N) is 1. The predicted octanol–water partition coefficient (Wildman–Crippen LogP) is 5.16. The molecule has 4 rings (SSSR count). The Morgan fingerprint density at radius 3 is 2.41 bits per heavy atom. The molecular formula is C29H37ClN2O7. The number of carboxylic acid groups (broad SMARTS) is 1. The lowest BCUT2D eigenvalue weighted by Crippen LogP contribution is -2.66. The Hall–Kier alpha value is -3.01. The number of ether oxygens (including phenoxy) is 4. The van der Waals surface area contributed by atoms with Crippen molar-refractivity contribution in [1.82, 2.24) is 10.2 Å². The summed E-state index contributed by atoms with van der Waals surface area (Å²) in [5.74, 6) is 0.438. The number of aliphatic carboxylic acids is 1. The molecule has 1 atom stereocenters. The van der Waals surface area contributed by atoms with Crippen LogP contribution in [-0.4, -0.2) is 68.1 Å². The molecule has 10 heteroatoms. The van der Waals surface area contributed by atoms with Crippen molar-refractivity contribution in [2.24, 2.45) is 0 Å². The highest BCUT2D eigenvalue weighted by Crippen LogP contribution is 2.53. The van der Waals surface area contributed by atoms with Crippen LogP contribution in [0, 0.1) is 0 Å². The fourth-order valence-electron chi connectivity index (χ4n) is 5.13. The second-order valence-electron chi connectivity index (χ2n) is 10.2. The number of carbonyl (C=O) groups excluding carboxylic acids is 1. The SMILES string of the molecule is COc1cc([C@@H](C)N(CCOCc2ccccc2)C(=O)NC2(C(=O)O)CC(OC)C2)c(Cl)c(OC)c1C1CC1. The van der Waals surface area contributed by atoms with Crippen LogP contribution in [0.3, 0.4) is 0 Å². The van der Waals surface area contributed by atoms with Crippen LogP contribution in [-0.2, 0) is 20.9 Å². The van der Waals surface area contributed by atoms with Crippen LogP contribution >= 0.6 is 11.6 Å². The van der Waals surface area contributed by atoms with Crippen LogP contribution in [0.5, 0.6) is 11.5 Å². The molecule has 2 N–H and O–H groups in total. The normalized spacial score (nSPS) is 21.0. The Balaban J connectivity index is 1.59. The van der Waals surface area contributed by atoms with Crippen LogP contribution in [0.2, 0.25) is 5.02 Å². The highest BCUT2D eigenvalue weighted by Gasteiger charge is 2.52. The average Bonchev–Trinajstić information content (AvgIpc) is 3.75. The molecule has 2 saturated carbocycles. The van der Waals surface area contributed by atoms with Gasteiger partial charge in [-0.2, -0.15) is 0 Å².